The van der Waals surface area contributed by atoms with Gasteiger partial charge in [0, 0.05) is 11.8 Å². The largest absolute Gasteiger partial charge is 0.462 e. The van der Waals surface area contributed by atoms with E-state index in [9.17, 15) is 14.4 Å². The first kappa shape index (κ1) is 22.4. The van der Waals surface area contributed by atoms with E-state index in [0.717, 1.165) is 0 Å². The molecule has 164 valence electrons. The Morgan fingerprint density at radius 1 is 0.969 bits per heavy atom. The molecule has 1 aromatic carbocycles. The van der Waals surface area contributed by atoms with Gasteiger partial charge in [0.05, 0.1) is 25.2 Å². The highest BCUT2D eigenvalue weighted by Gasteiger charge is 2.21. The number of rotatable bonds is 8. The number of ether oxygens (including phenoxy) is 3. The van der Waals surface area contributed by atoms with E-state index < -0.39 is 17.9 Å². The molecule has 0 atom stereocenters. The Balaban J connectivity index is 1.81. The molecule has 2 aromatic heterocycles. The zero-order valence-corrected chi connectivity index (χ0v) is 17.4. The third kappa shape index (κ3) is 5.66. The SMILES string of the molecule is CCOC(=O)C(=Cc1ccnc(-c2ccc(OC(=O)c3ccco3)cc2)n1)C(=O)OCC. The van der Waals surface area contributed by atoms with Gasteiger partial charge in [-0.25, -0.2) is 24.4 Å². The fraction of sp³-hybridized carbons (Fsp3) is 0.174. The number of aromatic nitrogens is 2. The summed E-state index contributed by atoms with van der Waals surface area (Å²) < 4.78 is 20.1. The van der Waals surface area contributed by atoms with Gasteiger partial charge in [0.15, 0.2) is 5.82 Å². The van der Waals surface area contributed by atoms with Crippen LogP contribution in [0.2, 0.25) is 0 Å². The van der Waals surface area contributed by atoms with Crippen LogP contribution in [0.4, 0.5) is 0 Å². The zero-order valence-electron chi connectivity index (χ0n) is 17.4. The standard InChI is InChI=1S/C23H20N2O7/c1-3-29-21(26)18(22(27)30-4-2)14-16-11-12-24-20(25-16)15-7-9-17(10-8-15)32-23(28)19-6-5-13-31-19/h5-14H,3-4H2,1-2H3. The molecule has 0 amide bonds. The second-order valence-corrected chi connectivity index (χ2v) is 6.20. The number of carbonyl (C=O) groups is 3. The van der Waals surface area contributed by atoms with Crippen molar-refractivity contribution in [3.8, 4) is 17.1 Å². The molecule has 32 heavy (non-hydrogen) atoms. The number of hydrogen-bond acceptors (Lipinski definition) is 9. The number of carbonyl (C=O) groups excluding carboxylic acids is 3. The second kappa shape index (κ2) is 10.7. The molecule has 2 heterocycles. The normalized spacial score (nSPS) is 10.2. The van der Waals surface area contributed by atoms with Gasteiger partial charge in [0.2, 0.25) is 5.76 Å². The molecule has 9 heteroatoms. The topological polar surface area (TPSA) is 118 Å². The van der Waals surface area contributed by atoms with Crippen molar-refractivity contribution in [2.45, 2.75) is 13.8 Å². The van der Waals surface area contributed by atoms with Crippen LogP contribution in [0.15, 0.2) is 64.9 Å². The minimum absolute atomic E-state index is 0.0934. The predicted molar refractivity (Wildman–Crippen MR) is 112 cm³/mol. The Morgan fingerprint density at radius 3 is 2.25 bits per heavy atom. The molecule has 0 aliphatic rings. The van der Waals surface area contributed by atoms with E-state index in [1.165, 1.54) is 24.6 Å². The molecule has 0 aliphatic heterocycles. The minimum atomic E-state index is -0.797. The monoisotopic (exact) mass is 436 g/mol. The Morgan fingerprint density at radius 2 is 1.66 bits per heavy atom. The van der Waals surface area contributed by atoms with Gasteiger partial charge in [-0.2, -0.15) is 0 Å². The molecule has 0 N–H and O–H groups in total. The molecule has 0 unspecified atom stereocenters. The summed E-state index contributed by atoms with van der Waals surface area (Å²) in [6, 6.07) is 11.2. The van der Waals surface area contributed by atoms with E-state index in [-0.39, 0.29) is 24.5 Å². The predicted octanol–water partition coefficient (Wildman–Crippen LogP) is 3.47. The fourth-order valence-corrected chi connectivity index (χ4v) is 2.58. The molecule has 0 radical (unpaired) electrons. The molecule has 0 saturated carbocycles. The molecule has 3 aromatic rings. The number of benzene rings is 1. The van der Waals surface area contributed by atoms with Gasteiger partial charge in [-0.05, 0) is 62.4 Å². The lowest BCUT2D eigenvalue weighted by Gasteiger charge is -2.07. The third-order valence-corrected chi connectivity index (χ3v) is 4.01. The minimum Gasteiger partial charge on any atom is -0.462 e. The summed E-state index contributed by atoms with van der Waals surface area (Å²) in [5, 5.41) is 0. The lowest BCUT2D eigenvalue weighted by Crippen LogP contribution is -2.18. The molecule has 0 fully saturated rings. The summed E-state index contributed by atoms with van der Waals surface area (Å²) in [6.07, 6.45) is 4.17. The van der Waals surface area contributed by atoms with Crippen molar-refractivity contribution in [1.82, 2.24) is 9.97 Å². The quantitative estimate of drug-likeness (QED) is 0.172. The molecule has 0 spiro atoms. The van der Waals surface area contributed by atoms with Crippen LogP contribution >= 0.6 is 0 Å². The smallest absolute Gasteiger partial charge is 0.379 e. The molecule has 0 aliphatic carbocycles. The van der Waals surface area contributed by atoms with Gasteiger partial charge in [-0.15, -0.1) is 0 Å². The van der Waals surface area contributed by atoms with Crippen LogP contribution < -0.4 is 4.74 Å². The molecular formula is C23H20N2O7. The van der Waals surface area contributed by atoms with Crippen molar-refractivity contribution < 1.29 is 33.0 Å². The second-order valence-electron chi connectivity index (χ2n) is 6.20. The first-order valence-electron chi connectivity index (χ1n) is 9.77. The van der Waals surface area contributed by atoms with Crippen molar-refractivity contribution in [3.05, 3.63) is 72.0 Å². The average Bonchev–Trinajstić information content (AvgIpc) is 3.34. The fourth-order valence-electron chi connectivity index (χ4n) is 2.58. The summed E-state index contributed by atoms with van der Waals surface area (Å²) in [7, 11) is 0. The summed E-state index contributed by atoms with van der Waals surface area (Å²) >= 11 is 0. The third-order valence-electron chi connectivity index (χ3n) is 4.01. The van der Waals surface area contributed by atoms with E-state index in [2.05, 4.69) is 9.97 Å². The van der Waals surface area contributed by atoms with Crippen LogP contribution in [0.3, 0.4) is 0 Å². The van der Waals surface area contributed by atoms with E-state index in [0.29, 0.717) is 22.8 Å². The Bertz CT molecular complexity index is 1100. The van der Waals surface area contributed by atoms with Crippen molar-refractivity contribution >= 4 is 24.0 Å². The van der Waals surface area contributed by atoms with Gasteiger partial charge in [0.25, 0.3) is 0 Å². The molecule has 3 rings (SSSR count). The van der Waals surface area contributed by atoms with E-state index in [1.54, 1.807) is 50.2 Å². The van der Waals surface area contributed by atoms with Crippen LogP contribution in [0.1, 0.15) is 30.1 Å². The van der Waals surface area contributed by atoms with Gasteiger partial charge < -0.3 is 18.6 Å². The zero-order chi connectivity index (χ0) is 22.9. The van der Waals surface area contributed by atoms with Gasteiger partial charge in [-0.3, -0.25) is 0 Å². The van der Waals surface area contributed by atoms with Crippen LogP contribution in [-0.4, -0.2) is 41.1 Å². The Kier molecular flexibility index (Phi) is 7.47. The van der Waals surface area contributed by atoms with E-state index >= 15 is 0 Å². The number of hydrogen-bond donors (Lipinski definition) is 0. The number of furan rings is 1. The van der Waals surface area contributed by atoms with Crippen molar-refractivity contribution in [2.24, 2.45) is 0 Å². The van der Waals surface area contributed by atoms with Crippen LogP contribution in [0, 0.1) is 0 Å². The van der Waals surface area contributed by atoms with Crippen molar-refractivity contribution in [2.75, 3.05) is 13.2 Å². The average molecular weight is 436 g/mol. The maximum absolute atomic E-state index is 12.1. The Labute approximate surface area is 183 Å². The molecule has 0 saturated heterocycles. The van der Waals surface area contributed by atoms with Crippen LogP contribution in [-0.2, 0) is 19.1 Å². The first-order chi connectivity index (χ1) is 15.5. The summed E-state index contributed by atoms with van der Waals surface area (Å²) in [5.74, 6) is -1.46. The van der Waals surface area contributed by atoms with E-state index in [4.69, 9.17) is 18.6 Å². The summed E-state index contributed by atoms with van der Waals surface area (Å²) in [5.41, 5.74) is 0.685. The van der Waals surface area contributed by atoms with Gasteiger partial charge in [0.1, 0.15) is 11.3 Å². The maximum atomic E-state index is 12.1. The number of nitrogens with zero attached hydrogens (tertiary/aromatic N) is 2. The highest BCUT2D eigenvalue weighted by molar-refractivity contribution is 6.17. The summed E-state index contributed by atoms with van der Waals surface area (Å²) in [4.78, 5) is 44.8. The lowest BCUT2D eigenvalue weighted by molar-refractivity contribution is -0.146. The molecule has 9 nitrogen and oxygen atoms in total. The highest BCUT2D eigenvalue weighted by atomic mass is 16.6. The van der Waals surface area contributed by atoms with Gasteiger partial charge >= 0.3 is 17.9 Å². The molecular weight excluding hydrogens is 416 g/mol. The maximum Gasteiger partial charge on any atom is 0.379 e. The first-order valence-corrected chi connectivity index (χ1v) is 9.77. The van der Waals surface area contributed by atoms with Crippen molar-refractivity contribution in [3.63, 3.8) is 0 Å². The lowest BCUT2D eigenvalue weighted by atomic mass is 10.2. The van der Waals surface area contributed by atoms with Crippen LogP contribution in [0.5, 0.6) is 5.75 Å². The summed E-state index contributed by atoms with van der Waals surface area (Å²) in [6.45, 7) is 3.50. The Hall–Kier alpha value is -4.27. The van der Waals surface area contributed by atoms with Crippen molar-refractivity contribution in [1.29, 1.82) is 0 Å². The number of esters is 3. The van der Waals surface area contributed by atoms with E-state index in [1.807, 2.05) is 0 Å². The van der Waals surface area contributed by atoms with Gasteiger partial charge in [-0.1, -0.05) is 0 Å². The van der Waals surface area contributed by atoms with Crippen LogP contribution in [0.25, 0.3) is 17.5 Å². The highest BCUT2D eigenvalue weighted by Crippen LogP contribution is 2.21. The molecule has 0 bridgehead atoms.